The molecule has 1 aliphatic rings. The molecule has 1 fully saturated rings. The number of rotatable bonds is 2. The Morgan fingerprint density at radius 3 is 2.60 bits per heavy atom. The van der Waals surface area contributed by atoms with Gasteiger partial charge in [0.1, 0.15) is 0 Å². The van der Waals surface area contributed by atoms with Gasteiger partial charge in [-0.25, -0.2) is 5.43 Å². The van der Waals surface area contributed by atoms with E-state index in [0.717, 1.165) is 18.6 Å². The van der Waals surface area contributed by atoms with Crippen molar-refractivity contribution in [3.8, 4) is 0 Å². The maximum atomic E-state index is 12.0. The molecule has 1 amide bonds. The summed E-state index contributed by atoms with van der Waals surface area (Å²) < 4.78 is 0. The van der Waals surface area contributed by atoms with Crippen LogP contribution in [0.5, 0.6) is 0 Å². The summed E-state index contributed by atoms with van der Waals surface area (Å²) in [5.41, 5.74) is 4.57. The monoisotopic (exact) mass is 292 g/mol. The molecule has 0 saturated heterocycles. The zero-order chi connectivity index (χ0) is 14.8. The zero-order valence-electron chi connectivity index (χ0n) is 12.2. The minimum Gasteiger partial charge on any atom is -0.267 e. The van der Waals surface area contributed by atoms with Crippen LogP contribution in [0, 0.1) is 11.3 Å². The first kappa shape index (κ1) is 15.0. The molecule has 1 atom stereocenters. The molecule has 1 saturated carbocycles. The van der Waals surface area contributed by atoms with Gasteiger partial charge in [0.25, 0.3) is 5.91 Å². The van der Waals surface area contributed by atoms with E-state index < -0.39 is 0 Å². The van der Waals surface area contributed by atoms with Crippen LogP contribution in [0.1, 0.15) is 50.4 Å². The number of carbonyl (C=O) groups is 1. The summed E-state index contributed by atoms with van der Waals surface area (Å²) in [6, 6.07) is 6.81. The second-order valence-electron chi connectivity index (χ2n) is 6.48. The Balaban J connectivity index is 2.01. The van der Waals surface area contributed by atoms with Gasteiger partial charge in [-0.1, -0.05) is 32.4 Å². The lowest BCUT2D eigenvalue weighted by Crippen LogP contribution is -2.30. The van der Waals surface area contributed by atoms with E-state index in [4.69, 9.17) is 11.6 Å². The van der Waals surface area contributed by atoms with E-state index in [1.165, 1.54) is 6.42 Å². The zero-order valence-corrected chi connectivity index (χ0v) is 13.0. The van der Waals surface area contributed by atoms with Crippen LogP contribution in [0.2, 0.25) is 5.02 Å². The van der Waals surface area contributed by atoms with E-state index >= 15 is 0 Å². The maximum Gasteiger partial charge on any atom is 0.271 e. The fourth-order valence-electron chi connectivity index (χ4n) is 3.00. The molecule has 20 heavy (non-hydrogen) atoms. The van der Waals surface area contributed by atoms with E-state index in [-0.39, 0.29) is 11.3 Å². The van der Waals surface area contributed by atoms with Crippen molar-refractivity contribution in [3.05, 3.63) is 34.9 Å². The van der Waals surface area contributed by atoms with Crippen LogP contribution >= 0.6 is 11.6 Å². The number of amides is 1. The lowest BCUT2D eigenvalue weighted by Gasteiger charge is -2.34. The maximum absolute atomic E-state index is 12.0. The lowest BCUT2D eigenvalue weighted by atomic mass is 9.72. The Bertz CT molecular complexity index is 520. The van der Waals surface area contributed by atoms with E-state index in [0.29, 0.717) is 16.5 Å². The van der Waals surface area contributed by atoms with E-state index in [2.05, 4.69) is 31.3 Å². The van der Waals surface area contributed by atoms with Crippen LogP contribution in [-0.4, -0.2) is 11.6 Å². The predicted molar refractivity (Wildman–Crippen MR) is 83.1 cm³/mol. The van der Waals surface area contributed by atoms with Crippen LogP contribution in [0.3, 0.4) is 0 Å². The smallest absolute Gasteiger partial charge is 0.267 e. The highest BCUT2D eigenvalue weighted by Gasteiger charge is 2.29. The summed E-state index contributed by atoms with van der Waals surface area (Å²) in [7, 11) is 0. The number of nitrogens with one attached hydrogen (secondary N) is 1. The molecule has 108 valence electrons. The highest BCUT2D eigenvalue weighted by atomic mass is 35.5. The van der Waals surface area contributed by atoms with Gasteiger partial charge >= 0.3 is 0 Å². The van der Waals surface area contributed by atoms with Gasteiger partial charge in [-0.05, 0) is 54.9 Å². The van der Waals surface area contributed by atoms with Crippen LogP contribution in [0.25, 0.3) is 0 Å². The van der Waals surface area contributed by atoms with Gasteiger partial charge < -0.3 is 0 Å². The fourth-order valence-corrected chi connectivity index (χ4v) is 3.12. The molecule has 0 radical (unpaired) electrons. The van der Waals surface area contributed by atoms with Gasteiger partial charge in [0, 0.05) is 16.3 Å². The molecule has 1 aromatic carbocycles. The first-order chi connectivity index (χ1) is 9.35. The first-order valence-electron chi connectivity index (χ1n) is 6.97. The Morgan fingerprint density at radius 2 is 2.00 bits per heavy atom. The van der Waals surface area contributed by atoms with Crippen molar-refractivity contribution >= 4 is 23.2 Å². The molecule has 1 aliphatic carbocycles. The molecular weight excluding hydrogens is 272 g/mol. The van der Waals surface area contributed by atoms with Crippen molar-refractivity contribution in [2.75, 3.05) is 0 Å². The van der Waals surface area contributed by atoms with E-state index in [1.807, 2.05) is 0 Å². The second-order valence-corrected chi connectivity index (χ2v) is 6.92. The van der Waals surface area contributed by atoms with Gasteiger partial charge in [-0.3, -0.25) is 4.79 Å². The number of hydrogen-bond acceptors (Lipinski definition) is 2. The Labute approximate surface area is 125 Å². The Morgan fingerprint density at radius 1 is 1.35 bits per heavy atom. The van der Waals surface area contributed by atoms with Crippen LogP contribution < -0.4 is 5.43 Å². The van der Waals surface area contributed by atoms with Crippen LogP contribution in [0.4, 0.5) is 0 Å². The average molecular weight is 293 g/mol. The number of nitrogens with zero attached hydrogens (tertiary/aromatic N) is 1. The third-order valence-electron chi connectivity index (χ3n) is 3.59. The molecule has 0 aromatic heterocycles. The quantitative estimate of drug-likeness (QED) is 0.813. The number of hydrazone groups is 1. The SMILES string of the molecule is CC1CC(=NNC(=O)c2ccc(Cl)cc2)CC(C)(C)C1. The largest absolute Gasteiger partial charge is 0.271 e. The summed E-state index contributed by atoms with van der Waals surface area (Å²) in [5, 5.41) is 4.93. The molecule has 0 spiro atoms. The molecule has 2 rings (SSSR count). The fraction of sp³-hybridized carbons (Fsp3) is 0.500. The molecule has 0 aliphatic heterocycles. The molecule has 0 heterocycles. The molecule has 1 N–H and O–H groups in total. The van der Waals surface area contributed by atoms with E-state index in [1.54, 1.807) is 24.3 Å². The second kappa shape index (κ2) is 5.96. The summed E-state index contributed by atoms with van der Waals surface area (Å²) >= 11 is 5.80. The molecule has 3 nitrogen and oxygen atoms in total. The normalized spacial score (nSPS) is 23.6. The predicted octanol–water partition coefficient (Wildman–Crippen LogP) is 4.27. The van der Waals surface area contributed by atoms with Crippen molar-refractivity contribution in [1.29, 1.82) is 0 Å². The summed E-state index contributed by atoms with van der Waals surface area (Å²) in [6.07, 6.45) is 3.11. The summed E-state index contributed by atoms with van der Waals surface area (Å²) in [5.74, 6) is 0.426. The van der Waals surface area contributed by atoms with Gasteiger partial charge in [-0.2, -0.15) is 5.10 Å². The minimum absolute atomic E-state index is 0.190. The Hall–Kier alpha value is -1.35. The highest BCUT2D eigenvalue weighted by molar-refractivity contribution is 6.30. The van der Waals surface area contributed by atoms with Crippen molar-refractivity contribution in [2.24, 2.45) is 16.4 Å². The molecule has 0 bridgehead atoms. The molecule has 1 aromatic rings. The first-order valence-corrected chi connectivity index (χ1v) is 7.35. The van der Waals surface area contributed by atoms with Crippen molar-refractivity contribution in [2.45, 2.75) is 40.0 Å². The molecule has 4 heteroatoms. The number of halogens is 1. The highest BCUT2D eigenvalue weighted by Crippen LogP contribution is 2.36. The minimum atomic E-state index is -0.190. The number of benzene rings is 1. The van der Waals surface area contributed by atoms with Crippen molar-refractivity contribution in [1.82, 2.24) is 5.43 Å². The van der Waals surface area contributed by atoms with Crippen LogP contribution in [-0.2, 0) is 0 Å². The standard InChI is InChI=1S/C16H21ClN2O/c1-11-8-14(10-16(2,3)9-11)18-19-15(20)12-4-6-13(17)7-5-12/h4-7,11H,8-10H2,1-3H3,(H,19,20). The average Bonchev–Trinajstić information content (AvgIpc) is 2.34. The van der Waals surface area contributed by atoms with Gasteiger partial charge in [0.05, 0.1) is 0 Å². The third-order valence-corrected chi connectivity index (χ3v) is 3.84. The van der Waals surface area contributed by atoms with Gasteiger partial charge in [0.15, 0.2) is 0 Å². The number of carbonyl (C=O) groups excluding carboxylic acids is 1. The number of hydrogen-bond donors (Lipinski definition) is 1. The summed E-state index contributed by atoms with van der Waals surface area (Å²) in [6.45, 7) is 6.73. The topological polar surface area (TPSA) is 41.5 Å². The van der Waals surface area contributed by atoms with Crippen molar-refractivity contribution < 1.29 is 4.79 Å². The molecule has 1 unspecified atom stereocenters. The third kappa shape index (κ3) is 4.07. The van der Waals surface area contributed by atoms with Gasteiger partial charge in [-0.15, -0.1) is 0 Å². The summed E-state index contributed by atoms with van der Waals surface area (Å²) in [4.78, 5) is 12.0. The Kier molecular flexibility index (Phi) is 4.48. The van der Waals surface area contributed by atoms with Crippen LogP contribution in [0.15, 0.2) is 29.4 Å². The lowest BCUT2D eigenvalue weighted by molar-refractivity contribution is 0.0954. The molecular formula is C16H21ClN2O. The van der Waals surface area contributed by atoms with Crippen molar-refractivity contribution in [3.63, 3.8) is 0 Å². The van der Waals surface area contributed by atoms with E-state index in [9.17, 15) is 4.79 Å². The van der Waals surface area contributed by atoms with Gasteiger partial charge in [0.2, 0.25) is 0 Å².